The Morgan fingerprint density at radius 1 is 0.882 bits per heavy atom. The third kappa shape index (κ3) is 15.7. The summed E-state index contributed by atoms with van der Waals surface area (Å²) in [6, 6.07) is 0. The number of methoxy groups -OCH3 is 1. The molecule has 0 rings (SSSR count). The zero-order valence-corrected chi connectivity index (χ0v) is 11.8. The van der Waals surface area contributed by atoms with Gasteiger partial charge in [-0.2, -0.15) is 0 Å². The normalized spacial score (nSPS) is 11.4. The van der Waals surface area contributed by atoms with Gasteiger partial charge in [-0.05, 0) is 25.8 Å². The van der Waals surface area contributed by atoms with Crippen molar-refractivity contribution < 1.29 is 4.74 Å². The van der Waals surface area contributed by atoms with E-state index in [2.05, 4.69) is 24.4 Å². The molecule has 0 aromatic heterocycles. The van der Waals surface area contributed by atoms with Gasteiger partial charge in [-0.15, -0.1) is 0 Å². The van der Waals surface area contributed by atoms with Crippen LogP contribution in [0.4, 0.5) is 0 Å². The quantitative estimate of drug-likeness (QED) is 0.390. The zero-order valence-electron chi connectivity index (χ0n) is 11.8. The lowest BCUT2D eigenvalue weighted by molar-refractivity contribution is 0.199. The van der Waals surface area contributed by atoms with Crippen molar-refractivity contribution in [3.63, 3.8) is 0 Å². The second kappa shape index (κ2) is 15.7. The van der Waals surface area contributed by atoms with E-state index in [1.807, 2.05) is 0 Å². The van der Waals surface area contributed by atoms with E-state index in [9.17, 15) is 0 Å². The number of unbranched alkanes of at least 4 members (excludes halogenated alkanes) is 6. The van der Waals surface area contributed by atoms with Crippen LogP contribution in [0.1, 0.15) is 58.3 Å². The molecule has 0 aliphatic rings. The van der Waals surface area contributed by atoms with Crippen LogP contribution in [-0.4, -0.2) is 26.8 Å². The first-order valence-corrected chi connectivity index (χ1v) is 7.26. The van der Waals surface area contributed by atoms with Gasteiger partial charge in [-0.25, -0.2) is 0 Å². The van der Waals surface area contributed by atoms with Gasteiger partial charge >= 0.3 is 0 Å². The molecule has 0 aliphatic carbocycles. The third-order valence-electron chi connectivity index (χ3n) is 2.86. The Bertz CT molecular complexity index is 157. The average Bonchev–Trinajstić information content (AvgIpc) is 2.35. The number of nitrogens with one attached hydrogen (secondary N) is 1. The molecule has 0 aliphatic heterocycles. The third-order valence-corrected chi connectivity index (χ3v) is 2.86. The summed E-state index contributed by atoms with van der Waals surface area (Å²) in [7, 11) is 1.74. The lowest BCUT2D eigenvalue weighted by Gasteiger charge is -2.00. The Morgan fingerprint density at radius 2 is 1.59 bits per heavy atom. The summed E-state index contributed by atoms with van der Waals surface area (Å²) in [5.41, 5.74) is 0. The molecule has 2 nitrogen and oxygen atoms in total. The van der Waals surface area contributed by atoms with Gasteiger partial charge < -0.3 is 10.1 Å². The molecule has 2 heteroatoms. The van der Waals surface area contributed by atoms with Crippen molar-refractivity contribution in [2.45, 2.75) is 58.3 Å². The SMILES string of the molecule is CCCCCCCCC=CCCNCCOC. The molecule has 0 saturated carbocycles. The van der Waals surface area contributed by atoms with E-state index in [0.29, 0.717) is 0 Å². The highest BCUT2D eigenvalue weighted by Gasteiger charge is 1.88. The minimum atomic E-state index is 0.807. The first-order chi connectivity index (χ1) is 8.41. The van der Waals surface area contributed by atoms with Crippen LogP contribution >= 0.6 is 0 Å². The van der Waals surface area contributed by atoms with Crippen molar-refractivity contribution in [2.75, 3.05) is 26.8 Å². The summed E-state index contributed by atoms with van der Waals surface area (Å²) >= 11 is 0. The molecule has 1 N–H and O–H groups in total. The number of allylic oxidation sites excluding steroid dienone is 1. The van der Waals surface area contributed by atoms with Crippen LogP contribution in [-0.2, 0) is 4.74 Å². The topological polar surface area (TPSA) is 21.3 Å². The van der Waals surface area contributed by atoms with E-state index in [4.69, 9.17) is 4.74 Å². The molecule has 0 fully saturated rings. The Labute approximate surface area is 108 Å². The summed E-state index contributed by atoms with van der Waals surface area (Å²) < 4.78 is 4.96. The molecule has 0 amide bonds. The van der Waals surface area contributed by atoms with E-state index in [1.165, 1.54) is 44.9 Å². The van der Waals surface area contributed by atoms with Crippen molar-refractivity contribution in [1.82, 2.24) is 5.32 Å². The molecular formula is C15H31NO. The highest BCUT2D eigenvalue weighted by Crippen LogP contribution is 2.07. The first kappa shape index (κ1) is 16.7. The van der Waals surface area contributed by atoms with Crippen molar-refractivity contribution in [1.29, 1.82) is 0 Å². The second-order valence-corrected chi connectivity index (χ2v) is 4.56. The standard InChI is InChI=1S/C15H31NO/c1-3-4-5-6-7-8-9-10-11-12-13-16-14-15-17-2/h10-11,16H,3-9,12-15H2,1-2H3. The van der Waals surface area contributed by atoms with Gasteiger partial charge in [-0.3, -0.25) is 0 Å². The molecule has 0 radical (unpaired) electrons. The minimum Gasteiger partial charge on any atom is -0.383 e. The number of rotatable bonds is 13. The fourth-order valence-electron chi connectivity index (χ4n) is 1.76. The van der Waals surface area contributed by atoms with Crippen LogP contribution in [0.2, 0.25) is 0 Å². The van der Waals surface area contributed by atoms with Crippen LogP contribution < -0.4 is 5.32 Å². The fraction of sp³-hybridized carbons (Fsp3) is 0.867. The summed E-state index contributed by atoms with van der Waals surface area (Å²) in [5, 5.41) is 3.34. The first-order valence-electron chi connectivity index (χ1n) is 7.26. The summed E-state index contributed by atoms with van der Waals surface area (Å²) in [6.07, 6.45) is 15.4. The summed E-state index contributed by atoms with van der Waals surface area (Å²) in [4.78, 5) is 0. The largest absolute Gasteiger partial charge is 0.383 e. The van der Waals surface area contributed by atoms with Gasteiger partial charge in [0.1, 0.15) is 0 Å². The fourth-order valence-corrected chi connectivity index (χ4v) is 1.76. The second-order valence-electron chi connectivity index (χ2n) is 4.56. The molecule has 0 spiro atoms. The highest BCUT2D eigenvalue weighted by atomic mass is 16.5. The van der Waals surface area contributed by atoms with Crippen LogP contribution in [0.3, 0.4) is 0 Å². The number of hydrogen-bond donors (Lipinski definition) is 1. The highest BCUT2D eigenvalue weighted by molar-refractivity contribution is 4.82. The van der Waals surface area contributed by atoms with E-state index < -0.39 is 0 Å². The summed E-state index contributed by atoms with van der Waals surface area (Å²) in [5.74, 6) is 0. The van der Waals surface area contributed by atoms with Crippen molar-refractivity contribution in [3.8, 4) is 0 Å². The molecule has 0 bridgehead atoms. The van der Waals surface area contributed by atoms with Crippen LogP contribution in [0, 0.1) is 0 Å². The monoisotopic (exact) mass is 241 g/mol. The maximum absolute atomic E-state index is 4.96. The Morgan fingerprint density at radius 3 is 2.35 bits per heavy atom. The molecule has 0 saturated heterocycles. The molecule has 0 unspecified atom stereocenters. The average molecular weight is 241 g/mol. The minimum absolute atomic E-state index is 0.807. The molecule has 0 heterocycles. The van der Waals surface area contributed by atoms with Crippen LogP contribution in [0.5, 0.6) is 0 Å². The van der Waals surface area contributed by atoms with Gasteiger partial charge in [0, 0.05) is 13.7 Å². The van der Waals surface area contributed by atoms with Crippen molar-refractivity contribution in [3.05, 3.63) is 12.2 Å². The van der Waals surface area contributed by atoms with Gasteiger partial charge in [0.2, 0.25) is 0 Å². The van der Waals surface area contributed by atoms with Gasteiger partial charge in [0.25, 0.3) is 0 Å². The predicted octanol–water partition coefficient (Wildman–Crippen LogP) is 3.92. The zero-order chi connectivity index (χ0) is 12.6. The Hall–Kier alpha value is -0.340. The lowest BCUT2D eigenvalue weighted by Crippen LogP contribution is -2.19. The molecule has 17 heavy (non-hydrogen) atoms. The Kier molecular flexibility index (Phi) is 15.3. The predicted molar refractivity (Wildman–Crippen MR) is 76.5 cm³/mol. The number of ether oxygens (including phenoxy) is 1. The maximum atomic E-state index is 4.96. The Balaban J connectivity index is 2.99. The molecule has 0 aromatic carbocycles. The van der Waals surface area contributed by atoms with Crippen LogP contribution in [0.15, 0.2) is 12.2 Å². The van der Waals surface area contributed by atoms with Crippen molar-refractivity contribution >= 4 is 0 Å². The van der Waals surface area contributed by atoms with Gasteiger partial charge in [0.15, 0.2) is 0 Å². The van der Waals surface area contributed by atoms with Crippen LogP contribution in [0.25, 0.3) is 0 Å². The molecule has 0 atom stereocenters. The smallest absolute Gasteiger partial charge is 0.0587 e. The van der Waals surface area contributed by atoms with Gasteiger partial charge in [0.05, 0.1) is 6.61 Å². The molecular weight excluding hydrogens is 210 g/mol. The van der Waals surface area contributed by atoms with E-state index in [1.54, 1.807) is 7.11 Å². The van der Waals surface area contributed by atoms with Crippen molar-refractivity contribution in [2.24, 2.45) is 0 Å². The molecule has 102 valence electrons. The van der Waals surface area contributed by atoms with E-state index in [0.717, 1.165) is 26.1 Å². The van der Waals surface area contributed by atoms with E-state index >= 15 is 0 Å². The molecule has 0 aromatic rings. The lowest BCUT2D eigenvalue weighted by atomic mass is 10.1. The van der Waals surface area contributed by atoms with Gasteiger partial charge in [-0.1, -0.05) is 51.2 Å². The maximum Gasteiger partial charge on any atom is 0.0587 e. The number of hydrogen-bond acceptors (Lipinski definition) is 2. The van der Waals surface area contributed by atoms with E-state index in [-0.39, 0.29) is 0 Å². The summed E-state index contributed by atoms with van der Waals surface area (Å²) in [6.45, 7) is 5.10.